The summed E-state index contributed by atoms with van der Waals surface area (Å²) in [7, 11) is -2.43. The van der Waals surface area contributed by atoms with Gasteiger partial charge in [-0.3, -0.25) is 4.79 Å². The zero-order valence-corrected chi connectivity index (χ0v) is 18.0. The zero-order valence-electron chi connectivity index (χ0n) is 17.2. The standard InChI is InChI=1S/C23H24N2O5S/c1-29-19-10-12-21(13-11-19)31(27,28)24(16-20-8-5-15-30-20)17-23(26)25-14-4-7-18-6-2-3-9-22(18)25/h2-3,5-6,8-13,15H,4,7,14,16-17H2,1H3. The van der Waals surface area contributed by atoms with Crippen molar-refractivity contribution in [3.63, 3.8) is 0 Å². The molecule has 8 heteroatoms. The summed E-state index contributed by atoms with van der Waals surface area (Å²) in [5.41, 5.74) is 1.94. The molecule has 2 aromatic carbocycles. The van der Waals surface area contributed by atoms with Crippen LogP contribution in [-0.4, -0.2) is 38.8 Å². The molecule has 1 aromatic heterocycles. The molecule has 7 nitrogen and oxygen atoms in total. The van der Waals surface area contributed by atoms with Crippen molar-refractivity contribution >= 4 is 21.6 Å². The minimum Gasteiger partial charge on any atom is -0.497 e. The van der Waals surface area contributed by atoms with Crippen LogP contribution in [0.1, 0.15) is 17.7 Å². The molecule has 2 heterocycles. The number of sulfonamides is 1. The monoisotopic (exact) mass is 440 g/mol. The van der Waals surface area contributed by atoms with Gasteiger partial charge >= 0.3 is 0 Å². The number of para-hydroxylation sites is 1. The Balaban J connectivity index is 1.63. The molecule has 1 amide bonds. The third-order valence-electron chi connectivity index (χ3n) is 5.33. The number of carbonyl (C=O) groups excluding carboxylic acids is 1. The van der Waals surface area contributed by atoms with Gasteiger partial charge < -0.3 is 14.1 Å². The molecule has 0 unspecified atom stereocenters. The Hall–Kier alpha value is -3.10. The van der Waals surface area contributed by atoms with E-state index in [1.54, 1.807) is 29.2 Å². The minimum atomic E-state index is -3.94. The summed E-state index contributed by atoms with van der Waals surface area (Å²) in [6.45, 7) is 0.235. The molecule has 0 fully saturated rings. The first-order valence-electron chi connectivity index (χ1n) is 10.0. The first-order valence-corrected chi connectivity index (χ1v) is 11.5. The first-order chi connectivity index (χ1) is 15.0. The van der Waals surface area contributed by atoms with Crippen LogP contribution in [0.4, 0.5) is 5.69 Å². The molecular weight excluding hydrogens is 416 g/mol. The summed E-state index contributed by atoms with van der Waals surface area (Å²) in [6, 6.07) is 17.2. The number of anilines is 1. The predicted molar refractivity (Wildman–Crippen MR) is 116 cm³/mol. The highest BCUT2D eigenvalue weighted by atomic mass is 32.2. The van der Waals surface area contributed by atoms with E-state index in [2.05, 4.69) is 0 Å². The number of furan rings is 1. The smallest absolute Gasteiger partial charge is 0.243 e. The number of aryl methyl sites for hydroxylation is 1. The number of ether oxygens (including phenoxy) is 1. The number of hydrogen-bond donors (Lipinski definition) is 0. The van der Waals surface area contributed by atoms with E-state index in [0.29, 0.717) is 18.1 Å². The van der Waals surface area contributed by atoms with E-state index in [4.69, 9.17) is 9.15 Å². The topological polar surface area (TPSA) is 80.1 Å². The highest BCUT2D eigenvalue weighted by Crippen LogP contribution is 2.28. The van der Waals surface area contributed by atoms with Crippen molar-refractivity contribution in [3.8, 4) is 5.75 Å². The van der Waals surface area contributed by atoms with E-state index in [1.165, 1.54) is 25.5 Å². The number of carbonyl (C=O) groups is 1. The summed E-state index contributed by atoms with van der Waals surface area (Å²) in [5, 5.41) is 0. The summed E-state index contributed by atoms with van der Waals surface area (Å²) >= 11 is 0. The van der Waals surface area contributed by atoms with Crippen molar-refractivity contribution in [1.29, 1.82) is 0 Å². The van der Waals surface area contributed by atoms with Crippen molar-refractivity contribution in [2.75, 3.05) is 25.1 Å². The molecule has 31 heavy (non-hydrogen) atoms. The van der Waals surface area contributed by atoms with Gasteiger partial charge in [0, 0.05) is 12.2 Å². The van der Waals surface area contributed by atoms with Crippen molar-refractivity contribution < 1.29 is 22.4 Å². The number of benzene rings is 2. The number of methoxy groups -OCH3 is 1. The van der Waals surface area contributed by atoms with Crippen molar-refractivity contribution in [3.05, 3.63) is 78.3 Å². The first kappa shape index (κ1) is 21.1. The van der Waals surface area contributed by atoms with Crippen molar-refractivity contribution in [1.82, 2.24) is 4.31 Å². The Labute approximate surface area is 181 Å². The van der Waals surface area contributed by atoms with Crippen LogP contribution in [0.2, 0.25) is 0 Å². The predicted octanol–water partition coefficient (Wildman–Crippen LogP) is 3.46. The maximum absolute atomic E-state index is 13.4. The molecule has 0 spiro atoms. The molecule has 0 N–H and O–H groups in total. The largest absolute Gasteiger partial charge is 0.497 e. The van der Waals surface area contributed by atoms with Crippen molar-refractivity contribution in [2.24, 2.45) is 0 Å². The van der Waals surface area contributed by atoms with Gasteiger partial charge in [0.05, 0.1) is 31.4 Å². The normalized spacial score (nSPS) is 13.8. The average molecular weight is 441 g/mol. The number of amides is 1. The van der Waals surface area contributed by atoms with Gasteiger partial charge in [-0.1, -0.05) is 18.2 Å². The number of nitrogens with zero attached hydrogens (tertiary/aromatic N) is 2. The second-order valence-electron chi connectivity index (χ2n) is 7.31. The Bertz CT molecular complexity index is 1140. The van der Waals surface area contributed by atoms with Crippen LogP contribution in [0.25, 0.3) is 0 Å². The molecule has 0 saturated heterocycles. The van der Waals surface area contributed by atoms with Crippen LogP contribution in [-0.2, 0) is 27.8 Å². The second-order valence-corrected chi connectivity index (χ2v) is 9.24. The molecule has 162 valence electrons. The zero-order chi connectivity index (χ0) is 21.8. The highest BCUT2D eigenvalue weighted by Gasteiger charge is 2.31. The van der Waals surface area contributed by atoms with Crippen LogP contribution in [0.15, 0.2) is 76.2 Å². The SMILES string of the molecule is COc1ccc(S(=O)(=O)N(CC(=O)N2CCCc3ccccc32)Cc2ccco2)cc1. The van der Waals surface area contributed by atoms with Gasteiger partial charge in [-0.15, -0.1) is 0 Å². The Morgan fingerprint density at radius 2 is 1.87 bits per heavy atom. The molecule has 0 radical (unpaired) electrons. The molecule has 0 saturated carbocycles. The maximum atomic E-state index is 13.4. The number of hydrogen-bond acceptors (Lipinski definition) is 5. The molecule has 0 bridgehead atoms. The van der Waals surface area contributed by atoms with E-state index >= 15 is 0 Å². The Morgan fingerprint density at radius 1 is 1.10 bits per heavy atom. The molecule has 0 aliphatic carbocycles. The third-order valence-corrected chi connectivity index (χ3v) is 7.14. The van der Waals surface area contributed by atoms with Crippen LogP contribution in [0.3, 0.4) is 0 Å². The van der Waals surface area contributed by atoms with E-state index in [1.807, 2.05) is 24.3 Å². The summed E-state index contributed by atoms with van der Waals surface area (Å²) in [5.74, 6) is 0.747. The lowest BCUT2D eigenvalue weighted by Gasteiger charge is -2.31. The molecule has 1 aliphatic rings. The Morgan fingerprint density at radius 3 is 2.58 bits per heavy atom. The van der Waals surface area contributed by atoms with E-state index in [9.17, 15) is 13.2 Å². The lowest BCUT2D eigenvalue weighted by molar-refractivity contribution is -0.119. The molecule has 0 atom stereocenters. The van der Waals surface area contributed by atoms with E-state index in [0.717, 1.165) is 28.4 Å². The fourth-order valence-corrected chi connectivity index (χ4v) is 5.08. The summed E-state index contributed by atoms with van der Waals surface area (Å²) in [4.78, 5) is 15.0. The van der Waals surface area contributed by atoms with Crippen LogP contribution < -0.4 is 9.64 Å². The molecule has 1 aliphatic heterocycles. The van der Waals surface area contributed by atoms with Gasteiger partial charge in [0.1, 0.15) is 11.5 Å². The van der Waals surface area contributed by atoms with E-state index < -0.39 is 10.0 Å². The minimum absolute atomic E-state index is 0.0391. The van der Waals surface area contributed by atoms with Gasteiger partial charge in [0.15, 0.2) is 0 Å². The number of rotatable bonds is 7. The van der Waals surface area contributed by atoms with Gasteiger partial charge in [-0.25, -0.2) is 8.42 Å². The third kappa shape index (κ3) is 4.50. The maximum Gasteiger partial charge on any atom is 0.243 e. The average Bonchev–Trinajstić information content (AvgIpc) is 3.31. The lowest BCUT2D eigenvalue weighted by Crippen LogP contribution is -2.44. The molecule has 3 aromatic rings. The Kier molecular flexibility index (Phi) is 6.11. The summed E-state index contributed by atoms with van der Waals surface area (Å²) in [6.07, 6.45) is 3.22. The highest BCUT2D eigenvalue weighted by molar-refractivity contribution is 7.89. The van der Waals surface area contributed by atoms with Gasteiger partial charge in [-0.2, -0.15) is 4.31 Å². The van der Waals surface area contributed by atoms with Crippen LogP contribution >= 0.6 is 0 Å². The van der Waals surface area contributed by atoms with Crippen LogP contribution in [0, 0.1) is 0 Å². The lowest BCUT2D eigenvalue weighted by atomic mass is 10.0. The summed E-state index contributed by atoms with van der Waals surface area (Å²) < 4.78 is 38.4. The van der Waals surface area contributed by atoms with Gasteiger partial charge in [0.25, 0.3) is 0 Å². The van der Waals surface area contributed by atoms with Gasteiger partial charge in [0.2, 0.25) is 15.9 Å². The quantitative estimate of drug-likeness (QED) is 0.562. The van der Waals surface area contributed by atoms with Crippen molar-refractivity contribution in [2.45, 2.75) is 24.3 Å². The second kappa shape index (κ2) is 8.95. The van der Waals surface area contributed by atoms with Crippen LogP contribution in [0.5, 0.6) is 5.75 Å². The fraction of sp³-hybridized carbons (Fsp3) is 0.261. The number of fused-ring (bicyclic) bond motifs is 1. The molecule has 4 rings (SSSR count). The van der Waals surface area contributed by atoms with E-state index in [-0.39, 0.29) is 23.9 Å². The van der Waals surface area contributed by atoms with Gasteiger partial charge in [-0.05, 0) is 60.9 Å². The molecular formula is C23H24N2O5S. The fourth-order valence-electron chi connectivity index (χ4n) is 3.73.